The van der Waals surface area contributed by atoms with Crippen LogP contribution in [-0.4, -0.2) is 13.1 Å². The fourth-order valence-electron chi connectivity index (χ4n) is 1.01. The molecule has 2 nitrogen and oxygen atoms in total. The maximum Gasteiger partial charge on any atom is 0.333 e. The van der Waals surface area contributed by atoms with Gasteiger partial charge < -0.3 is 4.74 Å². The molecule has 0 radical (unpaired) electrons. The summed E-state index contributed by atoms with van der Waals surface area (Å²) in [6.07, 6.45) is 5.43. The molecule has 0 atom stereocenters. The van der Waals surface area contributed by atoms with Crippen molar-refractivity contribution in [3.8, 4) is 0 Å². The van der Waals surface area contributed by atoms with Gasteiger partial charge in [-0.3, -0.25) is 0 Å². The van der Waals surface area contributed by atoms with Gasteiger partial charge in [-0.15, -0.1) is 0 Å². The van der Waals surface area contributed by atoms with Gasteiger partial charge >= 0.3 is 5.97 Å². The molecule has 84 valence electrons. The molecule has 14 heavy (non-hydrogen) atoms. The summed E-state index contributed by atoms with van der Waals surface area (Å²) in [4.78, 5) is 10.9. The monoisotopic (exact) mass is 200 g/mol. The van der Waals surface area contributed by atoms with Crippen molar-refractivity contribution >= 4 is 5.97 Å². The Morgan fingerprint density at radius 2 is 1.79 bits per heavy atom. The van der Waals surface area contributed by atoms with Gasteiger partial charge in [-0.05, 0) is 12.8 Å². The van der Waals surface area contributed by atoms with Crippen molar-refractivity contribution in [2.75, 3.05) is 7.11 Å². The summed E-state index contributed by atoms with van der Waals surface area (Å²) in [7, 11) is 1.39. The maximum absolute atomic E-state index is 10.9. The largest absolute Gasteiger partial charge is 0.466 e. The summed E-state index contributed by atoms with van der Waals surface area (Å²) in [5.41, 5.74) is 0.591. The van der Waals surface area contributed by atoms with Crippen LogP contribution in [0.25, 0.3) is 0 Å². The van der Waals surface area contributed by atoms with Crippen molar-refractivity contribution < 1.29 is 9.53 Å². The molecular weight excluding hydrogens is 176 g/mol. The normalized spacial score (nSPS) is 8.57. The van der Waals surface area contributed by atoms with Crippen molar-refractivity contribution in [1.29, 1.82) is 0 Å². The quantitative estimate of drug-likeness (QED) is 0.371. The Bertz CT molecular complexity index is 150. The summed E-state index contributed by atoms with van der Waals surface area (Å²) in [5, 5.41) is 0. The molecule has 0 amide bonds. The lowest BCUT2D eigenvalue weighted by Crippen LogP contribution is -2.03. The van der Waals surface area contributed by atoms with Gasteiger partial charge in [0.25, 0.3) is 0 Å². The Morgan fingerprint density at radius 3 is 2.21 bits per heavy atom. The average Bonchev–Trinajstić information content (AvgIpc) is 2.25. The molecule has 0 rings (SSSR count). The standard InChI is InChI=1S/C10H18O2.C2H6/c1-4-5-6-7-8-9(2)10(11)12-3;1-2/h2,4-8H2,1,3H3;1-2H3. The molecule has 2 heteroatoms. The van der Waals surface area contributed by atoms with Gasteiger partial charge in [-0.25, -0.2) is 4.79 Å². The van der Waals surface area contributed by atoms with Gasteiger partial charge in [0.1, 0.15) is 0 Å². The third-order valence-corrected chi connectivity index (χ3v) is 1.81. The third-order valence-electron chi connectivity index (χ3n) is 1.81. The minimum atomic E-state index is -0.272. The van der Waals surface area contributed by atoms with Crippen molar-refractivity contribution in [2.45, 2.75) is 52.9 Å². The summed E-state index contributed by atoms with van der Waals surface area (Å²) in [5.74, 6) is -0.272. The Kier molecular flexibility index (Phi) is 13.7. The lowest BCUT2D eigenvalue weighted by atomic mass is 10.1. The lowest BCUT2D eigenvalue weighted by Gasteiger charge is -2.02. The number of esters is 1. The minimum absolute atomic E-state index is 0.272. The Hall–Kier alpha value is -0.790. The number of ether oxygens (including phenoxy) is 1. The number of hydrogen-bond donors (Lipinski definition) is 0. The van der Waals surface area contributed by atoms with Crippen LogP contribution in [0.15, 0.2) is 12.2 Å². The maximum atomic E-state index is 10.9. The van der Waals surface area contributed by atoms with Gasteiger partial charge in [0, 0.05) is 5.57 Å². The van der Waals surface area contributed by atoms with Gasteiger partial charge in [-0.1, -0.05) is 46.6 Å². The van der Waals surface area contributed by atoms with Crippen LogP contribution in [-0.2, 0) is 9.53 Å². The van der Waals surface area contributed by atoms with Crippen LogP contribution in [0.4, 0.5) is 0 Å². The zero-order valence-corrected chi connectivity index (χ0v) is 10.1. The van der Waals surface area contributed by atoms with E-state index in [0.29, 0.717) is 5.57 Å². The van der Waals surface area contributed by atoms with Gasteiger partial charge in [-0.2, -0.15) is 0 Å². The predicted octanol–water partition coefficient (Wildman–Crippen LogP) is 3.71. The highest BCUT2D eigenvalue weighted by Crippen LogP contribution is 2.09. The molecule has 0 aromatic heterocycles. The SMILES string of the molecule is C=C(CCCCCC)C(=O)OC.CC. The van der Waals surface area contributed by atoms with Crippen molar-refractivity contribution in [2.24, 2.45) is 0 Å². The molecule has 0 aliphatic heterocycles. The van der Waals surface area contributed by atoms with E-state index in [4.69, 9.17) is 0 Å². The van der Waals surface area contributed by atoms with Crippen molar-refractivity contribution in [3.63, 3.8) is 0 Å². The zero-order chi connectivity index (χ0) is 11.4. The number of carbonyl (C=O) groups excluding carboxylic acids is 1. The van der Waals surface area contributed by atoms with Crippen molar-refractivity contribution in [1.82, 2.24) is 0 Å². The first-order valence-corrected chi connectivity index (χ1v) is 5.48. The van der Waals surface area contributed by atoms with E-state index in [2.05, 4.69) is 18.2 Å². The van der Waals surface area contributed by atoms with Gasteiger partial charge in [0.15, 0.2) is 0 Å². The molecule has 0 heterocycles. The molecule has 0 bridgehead atoms. The first-order valence-electron chi connectivity index (χ1n) is 5.48. The van der Waals surface area contributed by atoms with E-state index in [9.17, 15) is 4.79 Å². The molecule has 0 saturated heterocycles. The summed E-state index contributed by atoms with van der Waals surface area (Å²) >= 11 is 0. The summed E-state index contributed by atoms with van der Waals surface area (Å²) < 4.78 is 4.53. The van der Waals surface area contributed by atoms with Crippen LogP contribution < -0.4 is 0 Å². The highest BCUT2D eigenvalue weighted by molar-refractivity contribution is 5.87. The molecule has 0 saturated carbocycles. The fraction of sp³-hybridized carbons (Fsp3) is 0.750. The number of hydrogen-bond acceptors (Lipinski definition) is 2. The molecule has 0 aromatic carbocycles. The van der Waals surface area contributed by atoms with Gasteiger partial charge in [0.05, 0.1) is 7.11 Å². The number of carbonyl (C=O) groups is 1. The topological polar surface area (TPSA) is 26.3 Å². The van der Waals surface area contributed by atoms with E-state index in [1.165, 1.54) is 26.4 Å². The van der Waals surface area contributed by atoms with E-state index in [1.54, 1.807) is 0 Å². The Morgan fingerprint density at radius 1 is 1.21 bits per heavy atom. The Labute approximate surface area is 88.3 Å². The number of methoxy groups -OCH3 is 1. The lowest BCUT2D eigenvalue weighted by molar-refractivity contribution is -0.136. The Balaban J connectivity index is 0. The predicted molar refractivity (Wildman–Crippen MR) is 61.3 cm³/mol. The highest BCUT2D eigenvalue weighted by Gasteiger charge is 2.04. The van der Waals surface area contributed by atoms with Crippen LogP contribution in [0.1, 0.15) is 52.9 Å². The van der Waals surface area contributed by atoms with E-state index in [1.807, 2.05) is 13.8 Å². The van der Waals surface area contributed by atoms with E-state index in [0.717, 1.165) is 12.8 Å². The second-order valence-electron chi connectivity index (χ2n) is 2.91. The molecule has 0 fully saturated rings. The molecule has 0 spiro atoms. The first kappa shape index (κ1) is 15.7. The first-order chi connectivity index (χ1) is 6.72. The van der Waals surface area contributed by atoms with Crippen LogP contribution in [0, 0.1) is 0 Å². The number of unbranched alkanes of at least 4 members (excludes halogenated alkanes) is 3. The smallest absolute Gasteiger partial charge is 0.333 e. The average molecular weight is 200 g/mol. The molecule has 0 unspecified atom stereocenters. The van der Waals surface area contributed by atoms with Gasteiger partial charge in [0.2, 0.25) is 0 Å². The molecule has 0 aromatic rings. The van der Waals surface area contributed by atoms with Crippen LogP contribution in [0.3, 0.4) is 0 Å². The third kappa shape index (κ3) is 9.30. The second kappa shape index (κ2) is 12.2. The number of rotatable bonds is 6. The molecule has 0 aliphatic rings. The van der Waals surface area contributed by atoms with Crippen molar-refractivity contribution in [3.05, 3.63) is 12.2 Å². The van der Waals surface area contributed by atoms with Crippen LogP contribution >= 0.6 is 0 Å². The summed E-state index contributed by atoms with van der Waals surface area (Å²) in [6.45, 7) is 9.81. The van der Waals surface area contributed by atoms with E-state index < -0.39 is 0 Å². The fourth-order valence-corrected chi connectivity index (χ4v) is 1.01. The van der Waals surface area contributed by atoms with Crippen LogP contribution in [0.2, 0.25) is 0 Å². The summed E-state index contributed by atoms with van der Waals surface area (Å²) in [6, 6.07) is 0. The van der Waals surface area contributed by atoms with E-state index in [-0.39, 0.29) is 5.97 Å². The van der Waals surface area contributed by atoms with Crippen LogP contribution in [0.5, 0.6) is 0 Å². The minimum Gasteiger partial charge on any atom is -0.466 e. The van der Waals surface area contributed by atoms with E-state index >= 15 is 0 Å². The highest BCUT2D eigenvalue weighted by atomic mass is 16.5. The molecular formula is C12H24O2. The second-order valence-corrected chi connectivity index (χ2v) is 2.91. The molecule has 0 aliphatic carbocycles. The zero-order valence-electron chi connectivity index (χ0n) is 10.1. The molecule has 0 N–H and O–H groups in total.